The van der Waals surface area contributed by atoms with Crippen molar-refractivity contribution in [3.8, 4) is 0 Å². The predicted octanol–water partition coefficient (Wildman–Crippen LogP) is 2.11. The SMILES string of the molecule is CC1CCCC(CN2CCCNCC2)C1. The van der Waals surface area contributed by atoms with Crippen LogP contribution in [0.5, 0.6) is 0 Å². The van der Waals surface area contributed by atoms with Crippen LogP contribution < -0.4 is 5.32 Å². The molecule has 88 valence electrons. The molecule has 1 aliphatic carbocycles. The van der Waals surface area contributed by atoms with Crippen molar-refractivity contribution < 1.29 is 0 Å². The van der Waals surface area contributed by atoms with Gasteiger partial charge in [-0.3, -0.25) is 0 Å². The van der Waals surface area contributed by atoms with Crippen LogP contribution in [0.15, 0.2) is 0 Å². The summed E-state index contributed by atoms with van der Waals surface area (Å²) < 4.78 is 0. The van der Waals surface area contributed by atoms with E-state index in [4.69, 9.17) is 0 Å². The van der Waals surface area contributed by atoms with Crippen molar-refractivity contribution in [2.75, 3.05) is 32.7 Å². The summed E-state index contributed by atoms with van der Waals surface area (Å²) in [6.07, 6.45) is 7.23. The van der Waals surface area contributed by atoms with Crippen molar-refractivity contribution in [1.82, 2.24) is 10.2 Å². The molecule has 2 unspecified atom stereocenters. The van der Waals surface area contributed by atoms with Gasteiger partial charge in [-0.2, -0.15) is 0 Å². The molecule has 1 saturated carbocycles. The second kappa shape index (κ2) is 5.86. The van der Waals surface area contributed by atoms with Crippen molar-refractivity contribution in [3.05, 3.63) is 0 Å². The monoisotopic (exact) mass is 210 g/mol. The molecule has 0 bridgehead atoms. The Morgan fingerprint density at radius 2 is 2.07 bits per heavy atom. The molecule has 2 rings (SSSR count). The van der Waals surface area contributed by atoms with Gasteiger partial charge in [0.2, 0.25) is 0 Å². The lowest BCUT2D eigenvalue weighted by Gasteiger charge is -2.31. The lowest BCUT2D eigenvalue weighted by atomic mass is 9.82. The Bertz CT molecular complexity index is 173. The second-order valence-corrected chi connectivity index (χ2v) is 5.54. The van der Waals surface area contributed by atoms with Gasteiger partial charge in [0.05, 0.1) is 0 Å². The first kappa shape index (κ1) is 11.4. The molecule has 0 aromatic carbocycles. The van der Waals surface area contributed by atoms with Gasteiger partial charge in [-0.25, -0.2) is 0 Å². The molecule has 0 aromatic heterocycles. The molecule has 15 heavy (non-hydrogen) atoms. The summed E-state index contributed by atoms with van der Waals surface area (Å²) in [6.45, 7) is 8.80. The summed E-state index contributed by atoms with van der Waals surface area (Å²) >= 11 is 0. The smallest absolute Gasteiger partial charge is 0.0107 e. The van der Waals surface area contributed by atoms with E-state index in [9.17, 15) is 0 Å². The van der Waals surface area contributed by atoms with E-state index in [1.54, 1.807) is 0 Å². The van der Waals surface area contributed by atoms with Crippen LogP contribution in [0.25, 0.3) is 0 Å². The second-order valence-electron chi connectivity index (χ2n) is 5.54. The van der Waals surface area contributed by atoms with Gasteiger partial charge in [0.1, 0.15) is 0 Å². The van der Waals surface area contributed by atoms with Gasteiger partial charge in [-0.05, 0) is 44.2 Å². The maximum atomic E-state index is 3.48. The molecule has 0 amide bonds. The zero-order valence-electron chi connectivity index (χ0n) is 10.2. The summed E-state index contributed by atoms with van der Waals surface area (Å²) in [5.41, 5.74) is 0. The van der Waals surface area contributed by atoms with Gasteiger partial charge in [0, 0.05) is 19.6 Å². The average molecular weight is 210 g/mol. The molecule has 1 aliphatic heterocycles. The van der Waals surface area contributed by atoms with Crippen LogP contribution in [0, 0.1) is 11.8 Å². The molecule has 2 heteroatoms. The predicted molar refractivity (Wildman–Crippen MR) is 65.0 cm³/mol. The molecule has 2 atom stereocenters. The van der Waals surface area contributed by atoms with Crippen molar-refractivity contribution in [3.63, 3.8) is 0 Å². The minimum absolute atomic E-state index is 0.980. The van der Waals surface area contributed by atoms with Crippen molar-refractivity contribution >= 4 is 0 Å². The zero-order chi connectivity index (χ0) is 10.5. The first-order chi connectivity index (χ1) is 7.34. The summed E-state index contributed by atoms with van der Waals surface area (Å²) in [6, 6.07) is 0. The Balaban J connectivity index is 1.74. The third-order valence-electron chi connectivity index (χ3n) is 3.99. The Morgan fingerprint density at radius 3 is 2.93 bits per heavy atom. The third kappa shape index (κ3) is 3.76. The first-order valence-electron chi connectivity index (χ1n) is 6.77. The van der Waals surface area contributed by atoms with Gasteiger partial charge in [-0.15, -0.1) is 0 Å². The van der Waals surface area contributed by atoms with Crippen LogP contribution in [0.3, 0.4) is 0 Å². The van der Waals surface area contributed by atoms with Gasteiger partial charge in [-0.1, -0.05) is 19.8 Å². The summed E-state index contributed by atoms with van der Waals surface area (Å²) in [5.74, 6) is 1.97. The van der Waals surface area contributed by atoms with Crippen LogP contribution in [0.4, 0.5) is 0 Å². The molecule has 1 saturated heterocycles. The summed E-state index contributed by atoms with van der Waals surface area (Å²) in [4.78, 5) is 2.68. The van der Waals surface area contributed by atoms with Gasteiger partial charge in [0.25, 0.3) is 0 Å². The standard InChI is InChI=1S/C13H26N2/c1-12-4-2-5-13(10-12)11-15-8-3-6-14-7-9-15/h12-14H,2-11H2,1H3. The molecular weight excluding hydrogens is 184 g/mol. The normalized spacial score (nSPS) is 35.0. The quantitative estimate of drug-likeness (QED) is 0.751. The molecule has 1 N–H and O–H groups in total. The van der Waals surface area contributed by atoms with Gasteiger partial charge in [0.15, 0.2) is 0 Å². The minimum atomic E-state index is 0.980. The van der Waals surface area contributed by atoms with Crippen LogP contribution in [0.1, 0.15) is 39.0 Å². The van der Waals surface area contributed by atoms with Crippen molar-refractivity contribution in [1.29, 1.82) is 0 Å². The summed E-state index contributed by atoms with van der Waals surface area (Å²) in [5, 5.41) is 3.48. The highest BCUT2D eigenvalue weighted by molar-refractivity contribution is 4.75. The van der Waals surface area contributed by atoms with E-state index in [-0.39, 0.29) is 0 Å². The number of hydrogen-bond acceptors (Lipinski definition) is 2. The first-order valence-corrected chi connectivity index (χ1v) is 6.77. The van der Waals surface area contributed by atoms with E-state index < -0.39 is 0 Å². The largest absolute Gasteiger partial charge is 0.315 e. The van der Waals surface area contributed by atoms with Crippen molar-refractivity contribution in [2.24, 2.45) is 11.8 Å². The van der Waals surface area contributed by atoms with E-state index in [2.05, 4.69) is 17.1 Å². The lowest BCUT2D eigenvalue weighted by Crippen LogP contribution is -2.34. The van der Waals surface area contributed by atoms with E-state index in [0.717, 1.165) is 11.8 Å². The molecule has 0 aromatic rings. The number of rotatable bonds is 2. The maximum absolute atomic E-state index is 3.48. The van der Waals surface area contributed by atoms with E-state index in [1.807, 2.05) is 0 Å². The van der Waals surface area contributed by atoms with Gasteiger partial charge >= 0.3 is 0 Å². The molecule has 0 radical (unpaired) electrons. The Morgan fingerprint density at radius 1 is 1.13 bits per heavy atom. The fraction of sp³-hybridized carbons (Fsp3) is 1.00. The van der Waals surface area contributed by atoms with E-state index >= 15 is 0 Å². The fourth-order valence-electron chi connectivity index (χ4n) is 3.17. The Labute approximate surface area is 94.4 Å². The average Bonchev–Trinajstić information content (AvgIpc) is 2.46. The lowest BCUT2D eigenvalue weighted by molar-refractivity contribution is 0.187. The van der Waals surface area contributed by atoms with Crippen LogP contribution in [-0.2, 0) is 0 Å². The number of nitrogens with zero attached hydrogens (tertiary/aromatic N) is 1. The van der Waals surface area contributed by atoms with E-state index in [1.165, 1.54) is 64.8 Å². The highest BCUT2D eigenvalue weighted by Crippen LogP contribution is 2.29. The fourth-order valence-corrected chi connectivity index (χ4v) is 3.17. The number of nitrogens with one attached hydrogen (secondary N) is 1. The highest BCUT2D eigenvalue weighted by Gasteiger charge is 2.21. The molecular formula is C13H26N2. The van der Waals surface area contributed by atoms with Crippen LogP contribution in [0.2, 0.25) is 0 Å². The molecule has 2 aliphatic rings. The van der Waals surface area contributed by atoms with Crippen LogP contribution >= 0.6 is 0 Å². The highest BCUT2D eigenvalue weighted by atomic mass is 15.1. The zero-order valence-corrected chi connectivity index (χ0v) is 10.2. The van der Waals surface area contributed by atoms with Gasteiger partial charge < -0.3 is 10.2 Å². The molecule has 2 fully saturated rings. The minimum Gasteiger partial charge on any atom is -0.315 e. The number of hydrogen-bond donors (Lipinski definition) is 1. The van der Waals surface area contributed by atoms with Crippen LogP contribution in [-0.4, -0.2) is 37.6 Å². The van der Waals surface area contributed by atoms with Crippen molar-refractivity contribution in [2.45, 2.75) is 39.0 Å². The topological polar surface area (TPSA) is 15.3 Å². The van der Waals surface area contributed by atoms with E-state index in [0.29, 0.717) is 0 Å². The molecule has 2 nitrogen and oxygen atoms in total. The maximum Gasteiger partial charge on any atom is 0.0107 e. The summed E-state index contributed by atoms with van der Waals surface area (Å²) in [7, 11) is 0. The Hall–Kier alpha value is -0.0800. The Kier molecular flexibility index (Phi) is 4.45. The molecule has 0 spiro atoms. The third-order valence-corrected chi connectivity index (χ3v) is 3.99. The molecule has 1 heterocycles.